The van der Waals surface area contributed by atoms with E-state index in [-0.39, 0.29) is 4.90 Å². The van der Waals surface area contributed by atoms with Crippen molar-refractivity contribution in [2.45, 2.75) is 11.8 Å². The molecule has 0 radical (unpaired) electrons. The summed E-state index contributed by atoms with van der Waals surface area (Å²) < 4.78 is 33.0. The highest BCUT2D eigenvalue weighted by Crippen LogP contribution is 2.25. The van der Waals surface area contributed by atoms with Crippen LogP contribution >= 0.6 is 0 Å². The predicted molar refractivity (Wildman–Crippen MR) is 92.6 cm³/mol. The zero-order valence-electron chi connectivity index (χ0n) is 13.3. The lowest BCUT2D eigenvalue weighted by Gasteiger charge is -2.12. The van der Waals surface area contributed by atoms with Gasteiger partial charge in [-0.2, -0.15) is 5.10 Å². The van der Waals surface area contributed by atoms with E-state index in [4.69, 9.17) is 4.74 Å². The average Bonchev–Trinajstić information content (AvgIpc) is 3.08. The number of H-pyrrole nitrogens is 1. The Morgan fingerprint density at radius 1 is 1.12 bits per heavy atom. The van der Waals surface area contributed by atoms with Crippen molar-refractivity contribution in [2.24, 2.45) is 0 Å². The third-order valence-corrected chi connectivity index (χ3v) is 5.14. The van der Waals surface area contributed by atoms with Crippen molar-refractivity contribution in [1.82, 2.24) is 10.2 Å². The van der Waals surface area contributed by atoms with Crippen LogP contribution in [0.25, 0.3) is 11.3 Å². The normalized spacial score (nSPS) is 11.2. The van der Waals surface area contributed by atoms with Crippen LogP contribution in [0.3, 0.4) is 0 Å². The summed E-state index contributed by atoms with van der Waals surface area (Å²) in [5.41, 5.74) is 2.76. The summed E-state index contributed by atoms with van der Waals surface area (Å²) >= 11 is 0. The third kappa shape index (κ3) is 3.26. The fourth-order valence-corrected chi connectivity index (χ4v) is 3.70. The van der Waals surface area contributed by atoms with E-state index in [2.05, 4.69) is 14.9 Å². The van der Waals surface area contributed by atoms with Gasteiger partial charge in [-0.25, -0.2) is 8.42 Å². The van der Waals surface area contributed by atoms with Crippen LogP contribution in [0.15, 0.2) is 59.6 Å². The van der Waals surface area contributed by atoms with Crippen molar-refractivity contribution < 1.29 is 13.2 Å². The van der Waals surface area contributed by atoms with E-state index in [1.807, 2.05) is 12.1 Å². The monoisotopic (exact) mass is 343 g/mol. The maximum atomic E-state index is 12.6. The fourth-order valence-electron chi connectivity index (χ4n) is 2.43. The molecular formula is C17H17N3O3S. The molecule has 1 heterocycles. The van der Waals surface area contributed by atoms with Crippen LogP contribution in [0.5, 0.6) is 5.75 Å². The van der Waals surface area contributed by atoms with E-state index in [1.165, 1.54) is 6.07 Å². The van der Waals surface area contributed by atoms with Crippen molar-refractivity contribution in [3.05, 3.63) is 60.3 Å². The van der Waals surface area contributed by atoms with Gasteiger partial charge < -0.3 is 4.74 Å². The highest BCUT2D eigenvalue weighted by Gasteiger charge is 2.17. The standard InChI is InChI=1S/C17H17N3O3S/c1-12-10-15(23-2)6-7-17(12)24(21,22)20-14-5-3-4-13(11-14)16-8-9-18-19-16/h3-11,20H,1-2H3,(H,18,19). The molecule has 24 heavy (non-hydrogen) atoms. The lowest BCUT2D eigenvalue weighted by Crippen LogP contribution is -2.14. The van der Waals surface area contributed by atoms with E-state index in [0.717, 1.165) is 11.3 Å². The molecule has 0 atom stereocenters. The van der Waals surface area contributed by atoms with Gasteiger partial charge in [-0.1, -0.05) is 12.1 Å². The Hall–Kier alpha value is -2.80. The summed E-state index contributed by atoms with van der Waals surface area (Å²) in [6, 6.07) is 13.8. The summed E-state index contributed by atoms with van der Waals surface area (Å²) in [7, 11) is -2.14. The molecule has 0 amide bonds. The van der Waals surface area contributed by atoms with Gasteiger partial charge in [-0.05, 0) is 48.9 Å². The quantitative estimate of drug-likeness (QED) is 0.745. The molecule has 0 aliphatic carbocycles. The summed E-state index contributed by atoms with van der Waals surface area (Å²) in [4.78, 5) is 0.218. The summed E-state index contributed by atoms with van der Waals surface area (Å²) in [6.07, 6.45) is 1.65. The molecule has 3 rings (SSSR count). The van der Waals surface area contributed by atoms with Crippen molar-refractivity contribution >= 4 is 15.7 Å². The first kappa shape index (κ1) is 16.1. The predicted octanol–water partition coefficient (Wildman–Crippen LogP) is 3.19. The number of benzene rings is 2. The lowest BCUT2D eigenvalue weighted by molar-refractivity contribution is 0.414. The number of aryl methyl sites for hydroxylation is 1. The molecule has 0 saturated heterocycles. The number of methoxy groups -OCH3 is 1. The zero-order chi connectivity index (χ0) is 17.2. The number of aromatic amines is 1. The van der Waals surface area contributed by atoms with Gasteiger partial charge in [0.25, 0.3) is 10.0 Å². The summed E-state index contributed by atoms with van der Waals surface area (Å²) in [6.45, 7) is 1.73. The maximum Gasteiger partial charge on any atom is 0.262 e. The molecule has 0 aliphatic heterocycles. The number of sulfonamides is 1. The second-order valence-electron chi connectivity index (χ2n) is 5.29. The molecule has 0 fully saturated rings. The maximum absolute atomic E-state index is 12.6. The number of rotatable bonds is 5. The largest absolute Gasteiger partial charge is 0.497 e. The fraction of sp³-hybridized carbons (Fsp3) is 0.118. The van der Waals surface area contributed by atoms with Gasteiger partial charge in [0, 0.05) is 17.4 Å². The van der Waals surface area contributed by atoms with Crippen molar-refractivity contribution in [3.63, 3.8) is 0 Å². The summed E-state index contributed by atoms with van der Waals surface area (Å²) in [5, 5.41) is 6.76. The number of ether oxygens (including phenoxy) is 1. The van der Waals surface area contributed by atoms with Crippen LogP contribution < -0.4 is 9.46 Å². The molecule has 2 aromatic carbocycles. The topological polar surface area (TPSA) is 84.1 Å². The average molecular weight is 343 g/mol. The molecule has 7 heteroatoms. The van der Waals surface area contributed by atoms with Crippen LogP contribution in [0.2, 0.25) is 0 Å². The first-order valence-electron chi connectivity index (χ1n) is 7.27. The number of hydrogen-bond donors (Lipinski definition) is 2. The highest BCUT2D eigenvalue weighted by atomic mass is 32.2. The smallest absolute Gasteiger partial charge is 0.262 e. The minimum absolute atomic E-state index is 0.218. The third-order valence-electron chi connectivity index (χ3n) is 3.60. The molecule has 0 bridgehead atoms. The van der Waals surface area contributed by atoms with Crippen molar-refractivity contribution in [1.29, 1.82) is 0 Å². The van der Waals surface area contributed by atoms with E-state index in [0.29, 0.717) is 17.0 Å². The van der Waals surface area contributed by atoms with Crippen LogP contribution in [0.4, 0.5) is 5.69 Å². The Balaban J connectivity index is 1.91. The zero-order valence-corrected chi connectivity index (χ0v) is 14.1. The van der Waals surface area contributed by atoms with Gasteiger partial charge >= 0.3 is 0 Å². The molecule has 2 N–H and O–H groups in total. The molecular weight excluding hydrogens is 326 g/mol. The van der Waals surface area contributed by atoms with Crippen LogP contribution in [-0.2, 0) is 10.0 Å². The molecule has 3 aromatic rings. The first-order chi connectivity index (χ1) is 11.5. The number of aromatic nitrogens is 2. The number of hydrogen-bond acceptors (Lipinski definition) is 4. The van der Waals surface area contributed by atoms with Crippen molar-refractivity contribution in [3.8, 4) is 17.0 Å². The van der Waals surface area contributed by atoms with E-state index in [9.17, 15) is 8.42 Å². The van der Waals surface area contributed by atoms with Gasteiger partial charge in [0.05, 0.1) is 17.7 Å². The Kier molecular flexibility index (Phi) is 4.26. The van der Waals surface area contributed by atoms with Crippen LogP contribution in [0, 0.1) is 6.92 Å². The molecule has 0 spiro atoms. The Labute approximate surface area is 140 Å². The number of nitrogens with one attached hydrogen (secondary N) is 2. The van der Waals surface area contributed by atoms with Gasteiger partial charge in [0.15, 0.2) is 0 Å². The van der Waals surface area contributed by atoms with E-state index >= 15 is 0 Å². The Morgan fingerprint density at radius 2 is 1.96 bits per heavy atom. The second kappa shape index (κ2) is 6.37. The molecule has 1 aromatic heterocycles. The van der Waals surface area contributed by atoms with Gasteiger partial charge in [0.2, 0.25) is 0 Å². The van der Waals surface area contributed by atoms with Gasteiger partial charge in [-0.15, -0.1) is 0 Å². The molecule has 124 valence electrons. The van der Waals surface area contributed by atoms with Crippen LogP contribution in [-0.4, -0.2) is 25.7 Å². The summed E-state index contributed by atoms with van der Waals surface area (Å²) in [5.74, 6) is 0.618. The van der Waals surface area contributed by atoms with Crippen molar-refractivity contribution in [2.75, 3.05) is 11.8 Å². The van der Waals surface area contributed by atoms with Gasteiger partial charge in [0.1, 0.15) is 5.75 Å². The molecule has 6 nitrogen and oxygen atoms in total. The molecule has 0 unspecified atom stereocenters. The molecule has 0 saturated carbocycles. The minimum atomic E-state index is -3.69. The number of anilines is 1. The lowest BCUT2D eigenvalue weighted by atomic mass is 10.1. The Bertz CT molecular complexity index is 951. The minimum Gasteiger partial charge on any atom is -0.497 e. The first-order valence-corrected chi connectivity index (χ1v) is 8.75. The second-order valence-corrected chi connectivity index (χ2v) is 6.94. The van der Waals surface area contributed by atoms with Crippen LogP contribution in [0.1, 0.15) is 5.56 Å². The Morgan fingerprint density at radius 3 is 2.62 bits per heavy atom. The van der Waals surface area contributed by atoms with Gasteiger partial charge in [-0.3, -0.25) is 9.82 Å². The van der Waals surface area contributed by atoms with E-state index in [1.54, 1.807) is 50.6 Å². The highest BCUT2D eigenvalue weighted by molar-refractivity contribution is 7.92. The SMILES string of the molecule is COc1ccc(S(=O)(=O)Nc2cccc(-c3ccn[nH]3)c2)c(C)c1. The number of nitrogens with zero attached hydrogens (tertiary/aromatic N) is 1. The molecule has 0 aliphatic rings. The van der Waals surface area contributed by atoms with E-state index < -0.39 is 10.0 Å².